The molecule has 18 heavy (non-hydrogen) atoms. The molecule has 0 bridgehead atoms. The Labute approximate surface area is 123 Å². The summed E-state index contributed by atoms with van der Waals surface area (Å²) in [6.45, 7) is 1.80. The van der Waals surface area contributed by atoms with Crippen molar-refractivity contribution in [2.75, 3.05) is 4.90 Å². The van der Waals surface area contributed by atoms with E-state index in [9.17, 15) is 4.79 Å². The molecular weight excluding hydrogens is 365 g/mol. The lowest BCUT2D eigenvalue weighted by Gasteiger charge is -2.15. The van der Waals surface area contributed by atoms with Crippen LogP contribution in [0.2, 0.25) is 5.15 Å². The van der Waals surface area contributed by atoms with Gasteiger partial charge >= 0.3 is 0 Å². The lowest BCUT2D eigenvalue weighted by atomic mass is 10.3. The first-order valence-corrected chi connectivity index (χ1v) is 6.57. The maximum atomic E-state index is 11.2. The Hall–Kier alpha value is -1.21. The molecule has 0 N–H and O–H groups in total. The molecule has 2 aromatic rings. The normalized spacial score (nSPS) is 10.2. The molecule has 1 heterocycles. The molecule has 0 aliphatic rings. The molecule has 0 radical (unpaired) electrons. The minimum absolute atomic E-state index is 0.274. The number of nitrogens with zero attached hydrogens (tertiary/aromatic N) is 3. The third-order valence-electron chi connectivity index (χ3n) is 2.24. The lowest BCUT2D eigenvalue weighted by Crippen LogP contribution is -2.17. The Morgan fingerprint density at radius 1 is 1.28 bits per heavy atom. The van der Waals surface area contributed by atoms with Crippen molar-refractivity contribution in [1.29, 1.82) is 0 Å². The molecule has 0 saturated heterocycles. The molecule has 1 aromatic carbocycles. The van der Waals surface area contributed by atoms with Crippen LogP contribution >= 0.6 is 34.2 Å². The number of carbonyl (C=O) groups is 1. The predicted molar refractivity (Wildman–Crippen MR) is 79.1 cm³/mol. The first-order valence-electron chi connectivity index (χ1n) is 5.11. The number of amides is 1. The first-order chi connectivity index (χ1) is 8.60. The number of aryl methyl sites for hydroxylation is 1. The summed E-state index contributed by atoms with van der Waals surface area (Å²) in [7, 11) is 0. The van der Waals surface area contributed by atoms with Crippen molar-refractivity contribution in [2.24, 2.45) is 0 Å². The molecule has 0 spiro atoms. The average molecular weight is 374 g/mol. The molecule has 0 atom stereocenters. The van der Waals surface area contributed by atoms with Crippen molar-refractivity contribution in [3.8, 4) is 0 Å². The molecule has 4 nitrogen and oxygen atoms in total. The van der Waals surface area contributed by atoms with Crippen LogP contribution in [0.5, 0.6) is 0 Å². The number of hydrogen-bond donors (Lipinski definition) is 0. The van der Waals surface area contributed by atoms with Crippen LogP contribution in [-0.2, 0) is 4.79 Å². The molecule has 1 amide bonds. The van der Waals surface area contributed by atoms with Crippen molar-refractivity contribution >= 4 is 52.2 Å². The van der Waals surface area contributed by atoms with Crippen LogP contribution in [0.1, 0.15) is 5.69 Å². The average Bonchev–Trinajstić information content (AvgIpc) is 2.31. The molecule has 0 fully saturated rings. The summed E-state index contributed by atoms with van der Waals surface area (Å²) in [6, 6.07) is 9.11. The highest BCUT2D eigenvalue weighted by molar-refractivity contribution is 14.1. The van der Waals surface area contributed by atoms with Gasteiger partial charge in [-0.25, -0.2) is 9.97 Å². The van der Waals surface area contributed by atoms with E-state index in [2.05, 4.69) is 32.6 Å². The van der Waals surface area contributed by atoms with Crippen LogP contribution in [0.25, 0.3) is 0 Å². The van der Waals surface area contributed by atoms with Gasteiger partial charge in [0.2, 0.25) is 12.4 Å². The Balaban J connectivity index is 2.44. The Bertz CT molecular complexity index is 554. The quantitative estimate of drug-likeness (QED) is 0.471. The number of rotatable bonds is 3. The van der Waals surface area contributed by atoms with Gasteiger partial charge in [-0.05, 0) is 59.8 Å². The van der Waals surface area contributed by atoms with Crippen molar-refractivity contribution < 1.29 is 4.79 Å². The zero-order chi connectivity index (χ0) is 13.1. The molecule has 92 valence electrons. The van der Waals surface area contributed by atoms with Crippen LogP contribution in [0, 0.1) is 10.5 Å². The zero-order valence-corrected chi connectivity index (χ0v) is 12.4. The van der Waals surface area contributed by atoms with Gasteiger partial charge in [0.05, 0.1) is 5.69 Å². The van der Waals surface area contributed by atoms with E-state index in [4.69, 9.17) is 11.6 Å². The van der Waals surface area contributed by atoms with E-state index in [-0.39, 0.29) is 5.95 Å². The number of carbonyl (C=O) groups excluding carboxylic acids is 1. The largest absolute Gasteiger partial charge is 0.278 e. The lowest BCUT2D eigenvalue weighted by molar-refractivity contribution is -0.106. The maximum absolute atomic E-state index is 11.2. The van der Waals surface area contributed by atoms with Gasteiger partial charge in [0, 0.05) is 9.26 Å². The van der Waals surface area contributed by atoms with Crippen LogP contribution in [0.4, 0.5) is 11.6 Å². The third kappa shape index (κ3) is 2.97. The van der Waals surface area contributed by atoms with Crippen LogP contribution in [-0.4, -0.2) is 16.4 Å². The molecule has 2 rings (SSSR count). The van der Waals surface area contributed by atoms with Crippen molar-refractivity contribution in [1.82, 2.24) is 9.97 Å². The van der Waals surface area contributed by atoms with Gasteiger partial charge in [-0.15, -0.1) is 0 Å². The van der Waals surface area contributed by atoms with E-state index in [1.807, 2.05) is 24.3 Å². The summed E-state index contributed by atoms with van der Waals surface area (Å²) in [5.41, 5.74) is 1.41. The van der Waals surface area contributed by atoms with Crippen LogP contribution in [0.15, 0.2) is 30.3 Å². The van der Waals surface area contributed by atoms with Gasteiger partial charge in [0.1, 0.15) is 5.15 Å². The second kappa shape index (κ2) is 5.62. The van der Waals surface area contributed by atoms with Crippen LogP contribution in [0.3, 0.4) is 0 Å². The number of halogens is 2. The SMILES string of the molecule is Cc1cc(Cl)nc(N(C=O)c2ccc(I)cc2)n1. The smallest absolute Gasteiger partial charge is 0.238 e. The molecule has 1 aromatic heterocycles. The molecule has 6 heteroatoms. The fourth-order valence-corrected chi connectivity index (χ4v) is 2.04. The standard InChI is InChI=1S/C12H9ClIN3O/c1-8-6-11(13)16-12(15-8)17(7-18)10-4-2-9(14)3-5-10/h2-7H,1H3. The van der Waals surface area contributed by atoms with Gasteiger partial charge in [0.15, 0.2) is 0 Å². The summed E-state index contributed by atoms with van der Waals surface area (Å²) in [4.78, 5) is 20.8. The summed E-state index contributed by atoms with van der Waals surface area (Å²) in [5, 5.41) is 0.315. The third-order valence-corrected chi connectivity index (χ3v) is 3.15. The number of benzene rings is 1. The van der Waals surface area contributed by atoms with Crippen molar-refractivity contribution in [3.63, 3.8) is 0 Å². The minimum atomic E-state index is 0.274. The first kappa shape index (κ1) is 13.2. The monoisotopic (exact) mass is 373 g/mol. The van der Waals surface area contributed by atoms with E-state index in [1.54, 1.807) is 13.0 Å². The minimum Gasteiger partial charge on any atom is -0.278 e. The highest BCUT2D eigenvalue weighted by Crippen LogP contribution is 2.22. The Kier molecular flexibility index (Phi) is 4.13. The molecular formula is C12H9ClIN3O. The molecule has 0 aliphatic heterocycles. The zero-order valence-electron chi connectivity index (χ0n) is 9.47. The van der Waals surface area contributed by atoms with Gasteiger partial charge < -0.3 is 0 Å². The topological polar surface area (TPSA) is 46.1 Å². The van der Waals surface area contributed by atoms with Gasteiger partial charge in [0.25, 0.3) is 0 Å². The second-order valence-corrected chi connectivity index (χ2v) is 5.22. The predicted octanol–water partition coefficient (Wildman–Crippen LogP) is 3.34. The van der Waals surface area contributed by atoms with E-state index >= 15 is 0 Å². The van der Waals surface area contributed by atoms with Crippen molar-refractivity contribution in [3.05, 3.63) is 44.7 Å². The summed E-state index contributed by atoms with van der Waals surface area (Å²) in [6.07, 6.45) is 0.674. The highest BCUT2D eigenvalue weighted by atomic mass is 127. The highest BCUT2D eigenvalue weighted by Gasteiger charge is 2.12. The number of aromatic nitrogens is 2. The fourth-order valence-electron chi connectivity index (χ4n) is 1.45. The number of hydrogen-bond acceptors (Lipinski definition) is 3. The Morgan fingerprint density at radius 2 is 1.94 bits per heavy atom. The van der Waals surface area contributed by atoms with E-state index in [0.717, 1.165) is 3.57 Å². The fraction of sp³-hybridized carbons (Fsp3) is 0.0833. The number of anilines is 2. The van der Waals surface area contributed by atoms with Crippen molar-refractivity contribution in [2.45, 2.75) is 6.92 Å². The summed E-state index contributed by atoms with van der Waals surface area (Å²) < 4.78 is 1.09. The molecule has 0 unspecified atom stereocenters. The molecule has 0 aliphatic carbocycles. The molecule has 0 saturated carbocycles. The van der Waals surface area contributed by atoms with Gasteiger partial charge in [-0.2, -0.15) is 0 Å². The van der Waals surface area contributed by atoms with E-state index < -0.39 is 0 Å². The second-order valence-electron chi connectivity index (χ2n) is 3.58. The maximum Gasteiger partial charge on any atom is 0.238 e. The van der Waals surface area contributed by atoms with Gasteiger partial charge in [-0.3, -0.25) is 9.69 Å². The summed E-state index contributed by atoms with van der Waals surface area (Å²) >= 11 is 8.07. The van der Waals surface area contributed by atoms with Crippen LogP contribution < -0.4 is 4.90 Å². The van der Waals surface area contributed by atoms with E-state index in [0.29, 0.717) is 22.9 Å². The summed E-state index contributed by atoms with van der Waals surface area (Å²) in [5.74, 6) is 0.274. The van der Waals surface area contributed by atoms with Gasteiger partial charge in [-0.1, -0.05) is 11.6 Å². The van der Waals surface area contributed by atoms with E-state index in [1.165, 1.54) is 4.90 Å². The Morgan fingerprint density at radius 3 is 2.50 bits per heavy atom.